The highest BCUT2D eigenvalue weighted by Crippen LogP contribution is 2.29. The number of piperidine rings is 1. The molecule has 0 bridgehead atoms. The van der Waals surface area contributed by atoms with Crippen LogP contribution in [0.5, 0.6) is 0 Å². The molecule has 7 nitrogen and oxygen atoms in total. The first kappa shape index (κ1) is 19.3. The fourth-order valence-electron chi connectivity index (χ4n) is 4.14. The molecule has 4 heterocycles. The molecule has 158 valence electrons. The van der Waals surface area contributed by atoms with Crippen molar-refractivity contribution in [2.75, 3.05) is 23.3 Å². The van der Waals surface area contributed by atoms with Crippen molar-refractivity contribution in [2.24, 2.45) is 7.05 Å². The zero-order valence-electron chi connectivity index (χ0n) is 17.2. The molecule has 1 aliphatic rings. The first-order chi connectivity index (χ1) is 15.1. The van der Waals surface area contributed by atoms with Crippen molar-refractivity contribution in [3.8, 4) is 11.3 Å². The number of anilines is 3. The van der Waals surface area contributed by atoms with E-state index in [9.17, 15) is 4.79 Å². The number of pyridine rings is 2. The number of halogens is 1. The second kappa shape index (κ2) is 7.86. The van der Waals surface area contributed by atoms with Crippen LogP contribution < -0.4 is 15.8 Å². The number of hydrogen-bond donors (Lipinski definition) is 2. The van der Waals surface area contributed by atoms with Crippen LogP contribution in [-0.4, -0.2) is 32.8 Å². The number of nitrogens with zero attached hydrogens (tertiary/aromatic N) is 4. The summed E-state index contributed by atoms with van der Waals surface area (Å²) < 4.78 is 16.7. The van der Waals surface area contributed by atoms with Gasteiger partial charge in [-0.3, -0.25) is 9.89 Å². The number of H-pyrrole nitrogens is 1. The molecular formula is C23H23FN6O. The van der Waals surface area contributed by atoms with Gasteiger partial charge in [0.25, 0.3) is 5.56 Å². The Balaban J connectivity index is 1.50. The highest BCUT2D eigenvalue weighted by molar-refractivity contribution is 5.88. The van der Waals surface area contributed by atoms with E-state index >= 15 is 4.39 Å². The van der Waals surface area contributed by atoms with Crippen LogP contribution in [0.15, 0.2) is 53.6 Å². The van der Waals surface area contributed by atoms with Gasteiger partial charge in [0.1, 0.15) is 17.3 Å². The monoisotopic (exact) mass is 418 g/mol. The van der Waals surface area contributed by atoms with Crippen LogP contribution in [0.3, 0.4) is 0 Å². The molecule has 31 heavy (non-hydrogen) atoms. The molecule has 0 aliphatic carbocycles. The average Bonchev–Trinajstić information content (AvgIpc) is 3.34. The maximum absolute atomic E-state index is 15.3. The van der Waals surface area contributed by atoms with E-state index in [1.165, 1.54) is 23.8 Å². The van der Waals surface area contributed by atoms with Gasteiger partial charge in [0.05, 0.1) is 23.1 Å². The Labute approximate surface area is 178 Å². The van der Waals surface area contributed by atoms with Crippen molar-refractivity contribution < 1.29 is 4.39 Å². The van der Waals surface area contributed by atoms with Gasteiger partial charge in [0.2, 0.25) is 0 Å². The van der Waals surface area contributed by atoms with E-state index in [1.54, 1.807) is 37.5 Å². The van der Waals surface area contributed by atoms with Gasteiger partial charge < -0.3 is 14.8 Å². The molecule has 5 rings (SSSR count). The van der Waals surface area contributed by atoms with E-state index in [-0.39, 0.29) is 11.2 Å². The van der Waals surface area contributed by atoms with Gasteiger partial charge in [-0.25, -0.2) is 9.37 Å². The van der Waals surface area contributed by atoms with Crippen molar-refractivity contribution in [3.63, 3.8) is 0 Å². The molecular weight excluding hydrogens is 395 g/mol. The third-order valence-corrected chi connectivity index (χ3v) is 5.85. The van der Waals surface area contributed by atoms with Crippen LogP contribution in [0.2, 0.25) is 0 Å². The number of fused-ring (bicyclic) bond motifs is 1. The quantitative estimate of drug-likeness (QED) is 0.519. The molecule has 1 aliphatic heterocycles. The van der Waals surface area contributed by atoms with Gasteiger partial charge in [0.15, 0.2) is 0 Å². The van der Waals surface area contributed by atoms with Gasteiger partial charge in [-0.1, -0.05) is 0 Å². The lowest BCUT2D eigenvalue weighted by Gasteiger charge is -2.28. The second-order valence-electron chi connectivity index (χ2n) is 7.82. The summed E-state index contributed by atoms with van der Waals surface area (Å²) in [5.74, 6) is 0.123. The average molecular weight is 418 g/mol. The molecule has 1 aromatic carbocycles. The van der Waals surface area contributed by atoms with Crippen LogP contribution in [0.25, 0.3) is 22.2 Å². The summed E-state index contributed by atoms with van der Waals surface area (Å²) in [7, 11) is 1.64. The molecule has 4 aromatic rings. The highest BCUT2D eigenvalue weighted by atomic mass is 19.1. The molecule has 0 amide bonds. The van der Waals surface area contributed by atoms with Crippen LogP contribution in [0.4, 0.5) is 21.6 Å². The number of nitrogens with one attached hydrogen (secondary N) is 2. The largest absolute Gasteiger partial charge is 0.370 e. The van der Waals surface area contributed by atoms with Crippen LogP contribution >= 0.6 is 0 Å². The highest BCUT2D eigenvalue weighted by Gasteiger charge is 2.16. The van der Waals surface area contributed by atoms with E-state index < -0.39 is 5.82 Å². The number of benzene rings is 1. The summed E-state index contributed by atoms with van der Waals surface area (Å²) in [6.07, 6.45) is 7.12. The van der Waals surface area contributed by atoms with E-state index in [0.717, 1.165) is 18.8 Å². The summed E-state index contributed by atoms with van der Waals surface area (Å²) in [4.78, 5) is 19.6. The van der Waals surface area contributed by atoms with Crippen molar-refractivity contribution in [2.45, 2.75) is 19.3 Å². The molecule has 0 radical (unpaired) electrons. The minimum Gasteiger partial charge on any atom is -0.370 e. The Kier molecular flexibility index (Phi) is 4.89. The topological polar surface area (TPSA) is 78.8 Å². The predicted molar refractivity (Wildman–Crippen MR) is 120 cm³/mol. The lowest BCUT2D eigenvalue weighted by Crippen LogP contribution is -2.29. The minimum absolute atomic E-state index is 0.249. The molecule has 3 aromatic heterocycles. The molecule has 2 N–H and O–H groups in total. The third-order valence-electron chi connectivity index (χ3n) is 5.85. The number of aryl methyl sites for hydroxylation is 1. The van der Waals surface area contributed by atoms with Gasteiger partial charge in [-0.2, -0.15) is 5.10 Å². The first-order valence-electron chi connectivity index (χ1n) is 10.4. The Hall–Kier alpha value is -3.68. The van der Waals surface area contributed by atoms with Gasteiger partial charge in [-0.05, 0) is 55.7 Å². The zero-order chi connectivity index (χ0) is 21.4. The van der Waals surface area contributed by atoms with E-state index in [1.807, 2.05) is 18.3 Å². The smallest absolute Gasteiger partial charge is 0.274 e. The molecule has 1 saturated heterocycles. The lowest BCUT2D eigenvalue weighted by molar-refractivity contribution is 0.577. The zero-order valence-corrected chi connectivity index (χ0v) is 17.2. The summed E-state index contributed by atoms with van der Waals surface area (Å²) in [6.45, 7) is 2.08. The summed E-state index contributed by atoms with van der Waals surface area (Å²) >= 11 is 0. The molecule has 0 atom stereocenters. The predicted octanol–water partition coefficient (Wildman–Crippen LogP) is 4.20. The lowest BCUT2D eigenvalue weighted by atomic mass is 10.1. The maximum atomic E-state index is 15.3. The molecule has 1 fully saturated rings. The summed E-state index contributed by atoms with van der Waals surface area (Å²) in [6, 6.07) is 10.5. The molecule has 0 spiro atoms. The normalized spacial score (nSPS) is 14.2. The number of rotatable bonds is 4. The first-order valence-corrected chi connectivity index (χ1v) is 10.4. The Bertz CT molecular complexity index is 1270. The molecule has 8 heteroatoms. The fourth-order valence-corrected chi connectivity index (χ4v) is 4.14. The van der Waals surface area contributed by atoms with Crippen molar-refractivity contribution >= 4 is 28.1 Å². The van der Waals surface area contributed by atoms with Gasteiger partial charge in [0, 0.05) is 37.3 Å². The number of hydrogen-bond acceptors (Lipinski definition) is 5. The SMILES string of the molecule is Cn1c(=O)c(Nc2ccc(N3CCCCC3)cn2)cc2c(F)c(-c3cc[nH]n3)ccc21. The Morgan fingerprint density at radius 1 is 1.10 bits per heavy atom. The molecule has 0 unspecified atom stereocenters. The van der Waals surface area contributed by atoms with Crippen molar-refractivity contribution in [1.29, 1.82) is 0 Å². The number of aromatic nitrogens is 4. The van der Waals surface area contributed by atoms with Crippen molar-refractivity contribution in [3.05, 3.63) is 65.0 Å². The minimum atomic E-state index is -0.420. The maximum Gasteiger partial charge on any atom is 0.274 e. The van der Waals surface area contributed by atoms with Crippen LogP contribution in [0.1, 0.15) is 19.3 Å². The van der Waals surface area contributed by atoms with E-state index in [2.05, 4.69) is 25.4 Å². The summed E-state index contributed by atoms with van der Waals surface area (Å²) in [5.41, 5.74) is 2.50. The van der Waals surface area contributed by atoms with Gasteiger partial charge in [-0.15, -0.1) is 0 Å². The number of aromatic amines is 1. The Morgan fingerprint density at radius 2 is 1.94 bits per heavy atom. The Morgan fingerprint density at radius 3 is 2.65 bits per heavy atom. The van der Waals surface area contributed by atoms with E-state index in [4.69, 9.17) is 0 Å². The third kappa shape index (κ3) is 3.54. The van der Waals surface area contributed by atoms with E-state index in [0.29, 0.717) is 28.0 Å². The van der Waals surface area contributed by atoms with Crippen LogP contribution in [0, 0.1) is 5.82 Å². The van der Waals surface area contributed by atoms with Crippen molar-refractivity contribution in [1.82, 2.24) is 19.7 Å². The van der Waals surface area contributed by atoms with Crippen LogP contribution in [-0.2, 0) is 7.05 Å². The molecule has 0 saturated carbocycles. The van der Waals surface area contributed by atoms with Gasteiger partial charge >= 0.3 is 0 Å². The summed E-state index contributed by atoms with van der Waals surface area (Å²) in [5, 5.41) is 10.2. The standard InChI is InChI=1S/C23H23FN6O/c1-29-20-7-6-16(18-9-10-26-28-18)22(24)17(20)13-19(23(29)31)27-21-8-5-15(14-25-21)30-11-3-2-4-12-30/h5-10,13-14H,2-4,11-12H2,1H3,(H,25,27)(H,26,28). The fraction of sp³-hybridized carbons (Fsp3) is 0.261. The second-order valence-corrected chi connectivity index (χ2v) is 7.82.